The first-order valence-electron chi connectivity index (χ1n) is 9.51. The van der Waals surface area contributed by atoms with Crippen LogP contribution in [0.2, 0.25) is 5.02 Å². The molecule has 9 heteroatoms. The number of benzene rings is 1. The quantitative estimate of drug-likeness (QED) is 0.526. The largest absolute Gasteiger partial charge is 0.394 e. The van der Waals surface area contributed by atoms with E-state index in [0.29, 0.717) is 22.6 Å². The predicted octanol–water partition coefficient (Wildman–Crippen LogP) is 3.27. The van der Waals surface area contributed by atoms with Gasteiger partial charge in [-0.15, -0.1) is 5.10 Å². The van der Waals surface area contributed by atoms with Crippen LogP contribution in [0.3, 0.4) is 0 Å². The van der Waals surface area contributed by atoms with E-state index in [4.69, 9.17) is 16.6 Å². The van der Waals surface area contributed by atoms with E-state index in [1.54, 1.807) is 10.8 Å². The number of anilines is 3. The second kappa shape index (κ2) is 7.38. The highest BCUT2D eigenvalue weighted by Gasteiger charge is 2.27. The first kappa shape index (κ1) is 18.0. The third-order valence-corrected chi connectivity index (χ3v) is 5.43. The number of hydrogen-bond acceptors (Lipinski definition) is 6. The molecule has 1 unspecified atom stereocenters. The van der Waals surface area contributed by atoms with E-state index >= 15 is 0 Å². The fraction of sp³-hybridized carbons (Fsp3) is 0.250. The minimum absolute atomic E-state index is 0.0555. The zero-order valence-corrected chi connectivity index (χ0v) is 16.4. The minimum atomic E-state index is 0.0555. The number of rotatable bonds is 5. The number of aliphatic hydroxyl groups excluding tert-OH is 1. The summed E-state index contributed by atoms with van der Waals surface area (Å²) in [5, 5.41) is 18.3. The predicted molar refractivity (Wildman–Crippen MR) is 112 cm³/mol. The fourth-order valence-corrected chi connectivity index (χ4v) is 3.81. The Labute approximate surface area is 172 Å². The molecule has 4 heterocycles. The van der Waals surface area contributed by atoms with Gasteiger partial charge >= 0.3 is 0 Å². The van der Waals surface area contributed by atoms with E-state index in [0.717, 1.165) is 30.6 Å². The number of nitrogens with zero attached hydrogens (tertiary/aromatic N) is 6. The van der Waals surface area contributed by atoms with Crippen LogP contribution in [0.25, 0.3) is 11.2 Å². The van der Waals surface area contributed by atoms with E-state index in [1.807, 2.05) is 53.4 Å². The Bertz CT molecular complexity index is 1140. The molecule has 1 fully saturated rings. The maximum absolute atomic E-state index is 9.66. The Morgan fingerprint density at radius 1 is 1.21 bits per heavy atom. The summed E-state index contributed by atoms with van der Waals surface area (Å²) < 4.78 is 3.71. The second-order valence-corrected chi connectivity index (χ2v) is 7.47. The molecule has 29 heavy (non-hydrogen) atoms. The Morgan fingerprint density at radius 3 is 2.90 bits per heavy atom. The summed E-state index contributed by atoms with van der Waals surface area (Å²) >= 11 is 5.97. The van der Waals surface area contributed by atoms with Gasteiger partial charge in [0.05, 0.1) is 18.8 Å². The molecule has 1 aliphatic rings. The highest BCUT2D eigenvalue weighted by atomic mass is 35.5. The van der Waals surface area contributed by atoms with E-state index < -0.39 is 0 Å². The van der Waals surface area contributed by atoms with Crippen LogP contribution in [0.5, 0.6) is 0 Å². The van der Waals surface area contributed by atoms with Gasteiger partial charge < -0.3 is 19.9 Å². The van der Waals surface area contributed by atoms with Crippen LogP contribution in [0, 0.1) is 0 Å². The van der Waals surface area contributed by atoms with Crippen molar-refractivity contribution in [2.75, 3.05) is 23.4 Å². The van der Waals surface area contributed by atoms with Crippen LogP contribution in [0.1, 0.15) is 12.8 Å². The van der Waals surface area contributed by atoms with Crippen LogP contribution in [-0.2, 0) is 0 Å². The molecule has 148 valence electrons. The lowest BCUT2D eigenvalue weighted by Crippen LogP contribution is -2.34. The van der Waals surface area contributed by atoms with Gasteiger partial charge in [0.15, 0.2) is 5.82 Å². The summed E-state index contributed by atoms with van der Waals surface area (Å²) in [5.74, 6) is 1.95. The maximum atomic E-state index is 9.66. The van der Waals surface area contributed by atoms with Gasteiger partial charge in [-0.05, 0) is 49.2 Å². The molecule has 0 amide bonds. The molecule has 2 N–H and O–H groups in total. The number of fused-ring (bicyclic) bond motifs is 1. The van der Waals surface area contributed by atoms with Crippen LogP contribution in [0.15, 0.2) is 55.1 Å². The third kappa shape index (κ3) is 3.41. The summed E-state index contributed by atoms with van der Waals surface area (Å²) in [6.45, 7) is 0.934. The Hall–Kier alpha value is -3.10. The van der Waals surface area contributed by atoms with Gasteiger partial charge in [-0.25, -0.2) is 9.50 Å². The number of halogens is 1. The van der Waals surface area contributed by atoms with E-state index in [2.05, 4.69) is 20.3 Å². The van der Waals surface area contributed by atoms with Gasteiger partial charge in [0.1, 0.15) is 17.7 Å². The second-order valence-electron chi connectivity index (χ2n) is 7.04. The number of nitrogens with one attached hydrogen (secondary N) is 1. The van der Waals surface area contributed by atoms with Crippen molar-refractivity contribution in [2.24, 2.45) is 0 Å². The van der Waals surface area contributed by atoms with Crippen molar-refractivity contribution in [3.8, 4) is 5.69 Å². The van der Waals surface area contributed by atoms with E-state index in [1.165, 1.54) is 0 Å². The van der Waals surface area contributed by atoms with Gasteiger partial charge in [-0.3, -0.25) is 0 Å². The van der Waals surface area contributed by atoms with Crippen molar-refractivity contribution in [1.29, 1.82) is 0 Å². The Balaban J connectivity index is 1.47. The standard InChI is InChI=1S/C20H20ClN7O/c21-14-5-7-15(8-6-14)26-11-18(22-13-26)23-19-17-4-2-10-28(17)25-20(24-19)27-9-1-3-16(27)12-29/h2,4-8,10-11,13,16,29H,1,3,9,12H2,(H,23,24,25). The van der Waals surface area contributed by atoms with Crippen LogP contribution >= 0.6 is 11.6 Å². The van der Waals surface area contributed by atoms with Crippen molar-refractivity contribution >= 4 is 34.7 Å². The maximum Gasteiger partial charge on any atom is 0.245 e. The normalized spacial score (nSPS) is 16.6. The molecular formula is C20H20ClN7O. The Kier molecular flexibility index (Phi) is 4.57. The summed E-state index contributed by atoms with van der Waals surface area (Å²) in [7, 11) is 0. The molecule has 0 spiro atoms. The third-order valence-electron chi connectivity index (χ3n) is 5.18. The molecular weight excluding hydrogens is 390 g/mol. The van der Waals surface area contributed by atoms with Crippen LogP contribution < -0.4 is 10.2 Å². The molecule has 1 aromatic carbocycles. The molecule has 0 aliphatic carbocycles. The number of aromatic nitrogens is 5. The SMILES string of the molecule is OCC1CCCN1c1nc(Nc2cn(-c3ccc(Cl)cc3)cn2)c2cccn2n1. The molecule has 0 bridgehead atoms. The Morgan fingerprint density at radius 2 is 2.07 bits per heavy atom. The van der Waals surface area contributed by atoms with Crippen LogP contribution in [-0.4, -0.2) is 48.4 Å². The summed E-state index contributed by atoms with van der Waals surface area (Å²) in [6.07, 6.45) is 7.49. The molecule has 3 aromatic heterocycles. The number of aliphatic hydroxyl groups is 1. The van der Waals surface area contributed by atoms with Gasteiger partial charge in [0.25, 0.3) is 0 Å². The zero-order chi connectivity index (χ0) is 19.8. The average molecular weight is 410 g/mol. The lowest BCUT2D eigenvalue weighted by atomic mass is 10.2. The van der Waals surface area contributed by atoms with Crippen LogP contribution in [0.4, 0.5) is 17.6 Å². The van der Waals surface area contributed by atoms with Crippen molar-refractivity contribution < 1.29 is 5.11 Å². The van der Waals surface area contributed by atoms with Crippen molar-refractivity contribution in [3.63, 3.8) is 0 Å². The number of imidazole rings is 1. The lowest BCUT2D eigenvalue weighted by Gasteiger charge is -2.23. The highest BCUT2D eigenvalue weighted by molar-refractivity contribution is 6.30. The summed E-state index contributed by atoms with van der Waals surface area (Å²) in [4.78, 5) is 11.3. The smallest absolute Gasteiger partial charge is 0.245 e. The lowest BCUT2D eigenvalue weighted by molar-refractivity contribution is 0.265. The first-order chi connectivity index (χ1) is 14.2. The highest BCUT2D eigenvalue weighted by Crippen LogP contribution is 2.26. The monoisotopic (exact) mass is 409 g/mol. The molecule has 4 aromatic rings. The zero-order valence-electron chi connectivity index (χ0n) is 15.6. The summed E-state index contributed by atoms with van der Waals surface area (Å²) in [6, 6.07) is 11.5. The summed E-state index contributed by atoms with van der Waals surface area (Å²) in [5.41, 5.74) is 1.82. The van der Waals surface area contributed by atoms with Gasteiger partial charge in [0, 0.05) is 23.5 Å². The minimum Gasteiger partial charge on any atom is -0.394 e. The molecule has 1 saturated heterocycles. The van der Waals surface area contributed by atoms with Crippen molar-refractivity contribution in [2.45, 2.75) is 18.9 Å². The van der Waals surface area contributed by atoms with Crippen molar-refractivity contribution in [1.82, 2.24) is 24.1 Å². The van der Waals surface area contributed by atoms with E-state index in [-0.39, 0.29) is 12.6 Å². The number of hydrogen-bond donors (Lipinski definition) is 2. The molecule has 0 saturated carbocycles. The molecule has 0 radical (unpaired) electrons. The molecule has 1 atom stereocenters. The molecule has 5 rings (SSSR count). The van der Waals surface area contributed by atoms with E-state index in [9.17, 15) is 5.11 Å². The van der Waals surface area contributed by atoms with Gasteiger partial charge in [-0.2, -0.15) is 4.98 Å². The molecule has 8 nitrogen and oxygen atoms in total. The topological polar surface area (TPSA) is 83.5 Å². The van der Waals surface area contributed by atoms with Crippen molar-refractivity contribution in [3.05, 3.63) is 60.1 Å². The first-order valence-corrected chi connectivity index (χ1v) is 9.89. The van der Waals surface area contributed by atoms with Gasteiger partial charge in [-0.1, -0.05) is 11.6 Å². The average Bonchev–Trinajstić information content (AvgIpc) is 3.48. The van der Waals surface area contributed by atoms with Gasteiger partial charge in [0.2, 0.25) is 5.95 Å². The molecule has 1 aliphatic heterocycles. The fourth-order valence-electron chi connectivity index (χ4n) is 3.69.